The molecule has 1 fully saturated rings. The van der Waals surface area contributed by atoms with Crippen molar-refractivity contribution in [3.05, 3.63) is 35.9 Å². The average molecular weight is 292 g/mol. The first-order valence-corrected chi connectivity index (χ1v) is 7.56. The summed E-state index contributed by atoms with van der Waals surface area (Å²) in [5.74, 6) is 0.645. The Morgan fingerprint density at radius 3 is 2.70 bits per heavy atom. The van der Waals surface area contributed by atoms with Gasteiger partial charge in [-0.05, 0) is 31.9 Å². The summed E-state index contributed by atoms with van der Waals surface area (Å²) in [6.45, 7) is 3.77. The second kappa shape index (κ2) is 5.75. The van der Waals surface area contributed by atoms with Gasteiger partial charge in [0, 0.05) is 30.7 Å². The lowest BCUT2D eigenvalue weighted by atomic mass is 10.1. The molecule has 0 amide bonds. The van der Waals surface area contributed by atoms with E-state index in [1.807, 2.05) is 13.0 Å². The van der Waals surface area contributed by atoms with Gasteiger partial charge in [-0.2, -0.15) is 4.37 Å². The largest absolute Gasteiger partial charge is 0.380 e. The Kier molecular flexibility index (Phi) is 3.82. The van der Waals surface area contributed by atoms with Crippen molar-refractivity contribution in [2.45, 2.75) is 25.8 Å². The number of aromatic nitrogens is 2. The number of para-hydroxylation sites is 1. The highest BCUT2D eigenvalue weighted by Gasteiger charge is 2.21. The SMILES string of the molecule is Cc1nsc(N2CCC(Nc3ccccc3F)CC2)n1. The van der Waals surface area contributed by atoms with Gasteiger partial charge in [0.1, 0.15) is 11.6 Å². The van der Waals surface area contributed by atoms with E-state index in [-0.39, 0.29) is 5.82 Å². The minimum absolute atomic E-state index is 0.185. The molecule has 20 heavy (non-hydrogen) atoms. The van der Waals surface area contributed by atoms with Crippen LogP contribution in [-0.2, 0) is 0 Å². The zero-order valence-electron chi connectivity index (χ0n) is 11.3. The number of piperidine rings is 1. The summed E-state index contributed by atoms with van der Waals surface area (Å²) in [6.07, 6.45) is 1.96. The Morgan fingerprint density at radius 1 is 1.30 bits per heavy atom. The summed E-state index contributed by atoms with van der Waals surface area (Å²) in [7, 11) is 0. The van der Waals surface area contributed by atoms with E-state index in [0.717, 1.165) is 36.9 Å². The van der Waals surface area contributed by atoms with Crippen molar-refractivity contribution in [1.29, 1.82) is 0 Å². The minimum Gasteiger partial charge on any atom is -0.380 e. The lowest BCUT2D eigenvalue weighted by Crippen LogP contribution is -2.39. The van der Waals surface area contributed by atoms with E-state index in [4.69, 9.17) is 0 Å². The summed E-state index contributed by atoms with van der Waals surface area (Å²) in [6, 6.07) is 7.15. The van der Waals surface area contributed by atoms with Crippen LogP contribution < -0.4 is 10.2 Å². The Bertz CT molecular complexity index is 578. The first-order chi connectivity index (χ1) is 9.72. The van der Waals surface area contributed by atoms with Crippen LogP contribution in [0.5, 0.6) is 0 Å². The van der Waals surface area contributed by atoms with Crippen molar-refractivity contribution in [2.24, 2.45) is 0 Å². The van der Waals surface area contributed by atoms with Gasteiger partial charge in [0.25, 0.3) is 0 Å². The van der Waals surface area contributed by atoms with Crippen LogP contribution >= 0.6 is 11.5 Å². The molecular weight excluding hydrogens is 275 g/mol. The third kappa shape index (κ3) is 2.90. The van der Waals surface area contributed by atoms with Crippen LogP contribution in [0.3, 0.4) is 0 Å². The molecule has 0 spiro atoms. The number of hydrogen-bond donors (Lipinski definition) is 1. The van der Waals surface area contributed by atoms with Crippen LogP contribution in [0.15, 0.2) is 24.3 Å². The molecule has 3 rings (SSSR count). The number of rotatable bonds is 3. The van der Waals surface area contributed by atoms with E-state index in [0.29, 0.717) is 11.7 Å². The van der Waals surface area contributed by atoms with E-state index in [1.165, 1.54) is 17.6 Å². The summed E-state index contributed by atoms with van der Waals surface area (Å²) in [5.41, 5.74) is 0.595. The number of aryl methyl sites for hydroxylation is 1. The number of hydrogen-bond acceptors (Lipinski definition) is 5. The number of nitrogens with zero attached hydrogens (tertiary/aromatic N) is 3. The van der Waals surface area contributed by atoms with Gasteiger partial charge in [-0.25, -0.2) is 9.37 Å². The molecule has 0 bridgehead atoms. The van der Waals surface area contributed by atoms with Gasteiger partial charge in [-0.15, -0.1) is 0 Å². The molecule has 2 aromatic rings. The standard InChI is InChI=1S/C14H17FN4S/c1-10-16-14(20-18-10)19-8-6-11(7-9-19)17-13-5-3-2-4-12(13)15/h2-5,11,17H,6-9H2,1H3. The second-order valence-electron chi connectivity index (χ2n) is 5.01. The quantitative estimate of drug-likeness (QED) is 0.944. The summed E-state index contributed by atoms with van der Waals surface area (Å²) in [5, 5.41) is 4.28. The maximum absolute atomic E-state index is 13.6. The van der Waals surface area contributed by atoms with Crippen molar-refractivity contribution in [3.8, 4) is 0 Å². The summed E-state index contributed by atoms with van der Waals surface area (Å²) >= 11 is 1.45. The molecule has 0 atom stereocenters. The number of anilines is 2. The lowest BCUT2D eigenvalue weighted by Gasteiger charge is -2.32. The molecule has 4 nitrogen and oxygen atoms in total. The fourth-order valence-corrected chi connectivity index (χ4v) is 3.15. The molecule has 1 saturated heterocycles. The maximum Gasteiger partial charge on any atom is 0.205 e. The molecule has 1 aliphatic rings. The van der Waals surface area contributed by atoms with Crippen LogP contribution in [0.25, 0.3) is 0 Å². The summed E-state index contributed by atoms with van der Waals surface area (Å²) in [4.78, 5) is 6.66. The van der Waals surface area contributed by atoms with Gasteiger partial charge in [0.2, 0.25) is 5.13 Å². The molecule has 1 aromatic carbocycles. The van der Waals surface area contributed by atoms with Crippen LogP contribution in [0.1, 0.15) is 18.7 Å². The van der Waals surface area contributed by atoms with Crippen molar-refractivity contribution >= 4 is 22.4 Å². The van der Waals surface area contributed by atoms with Gasteiger partial charge in [0.15, 0.2) is 0 Å². The molecule has 106 valence electrons. The first-order valence-electron chi connectivity index (χ1n) is 6.79. The molecule has 0 unspecified atom stereocenters. The topological polar surface area (TPSA) is 41.1 Å². The Labute approximate surface area is 121 Å². The van der Waals surface area contributed by atoms with Gasteiger partial charge in [-0.1, -0.05) is 12.1 Å². The Morgan fingerprint density at radius 2 is 2.05 bits per heavy atom. The zero-order chi connectivity index (χ0) is 13.9. The number of halogens is 1. The molecular formula is C14H17FN4S. The number of benzene rings is 1. The molecule has 2 heterocycles. The molecule has 6 heteroatoms. The zero-order valence-corrected chi connectivity index (χ0v) is 12.2. The lowest BCUT2D eigenvalue weighted by molar-refractivity contribution is 0.521. The monoisotopic (exact) mass is 292 g/mol. The van der Waals surface area contributed by atoms with E-state index in [1.54, 1.807) is 12.1 Å². The number of nitrogens with one attached hydrogen (secondary N) is 1. The van der Waals surface area contributed by atoms with Crippen molar-refractivity contribution in [3.63, 3.8) is 0 Å². The molecule has 0 saturated carbocycles. The van der Waals surface area contributed by atoms with Crippen LogP contribution in [0, 0.1) is 12.7 Å². The predicted octanol–water partition coefficient (Wildman–Crippen LogP) is 3.07. The fraction of sp³-hybridized carbons (Fsp3) is 0.429. The molecule has 1 N–H and O–H groups in total. The highest BCUT2D eigenvalue weighted by Crippen LogP contribution is 2.24. The predicted molar refractivity (Wildman–Crippen MR) is 79.9 cm³/mol. The second-order valence-corrected chi connectivity index (χ2v) is 5.74. The van der Waals surface area contributed by atoms with Gasteiger partial charge in [0.05, 0.1) is 5.69 Å². The van der Waals surface area contributed by atoms with Gasteiger partial charge in [-0.3, -0.25) is 0 Å². The molecule has 1 aliphatic heterocycles. The molecule has 0 aliphatic carbocycles. The Balaban J connectivity index is 1.58. The molecule has 1 aromatic heterocycles. The van der Waals surface area contributed by atoms with Crippen molar-refractivity contribution in [1.82, 2.24) is 9.36 Å². The van der Waals surface area contributed by atoms with Crippen LogP contribution in [0.4, 0.5) is 15.2 Å². The normalized spacial score (nSPS) is 16.4. The minimum atomic E-state index is -0.185. The van der Waals surface area contributed by atoms with E-state index in [2.05, 4.69) is 19.6 Å². The highest BCUT2D eigenvalue weighted by molar-refractivity contribution is 7.09. The van der Waals surface area contributed by atoms with Crippen molar-refractivity contribution in [2.75, 3.05) is 23.3 Å². The van der Waals surface area contributed by atoms with Crippen LogP contribution in [-0.4, -0.2) is 28.5 Å². The first kappa shape index (κ1) is 13.3. The fourth-order valence-electron chi connectivity index (χ4n) is 2.43. The molecule has 0 radical (unpaired) electrons. The van der Waals surface area contributed by atoms with E-state index >= 15 is 0 Å². The smallest absolute Gasteiger partial charge is 0.205 e. The van der Waals surface area contributed by atoms with E-state index in [9.17, 15) is 4.39 Å². The van der Waals surface area contributed by atoms with Crippen LogP contribution in [0.2, 0.25) is 0 Å². The van der Waals surface area contributed by atoms with E-state index < -0.39 is 0 Å². The third-order valence-corrected chi connectivity index (χ3v) is 4.38. The van der Waals surface area contributed by atoms with Gasteiger partial charge >= 0.3 is 0 Å². The van der Waals surface area contributed by atoms with Gasteiger partial charge < -0.3 is 10.2 Å². The Hall–Kier alpha value is -1.69. The highest BCUT2D eigenvalue weighted by atomic mass is 32.1. The third-order valence-electron chi connectivity index (χ3n) is 3.52. The summed E-state index contributed by atoms with van der Waals surface area (Å²) < 4.78 is 17.8. The average Bonchev–Trinajstić information content (AvgIpc) is 2.89. The van der Waals surface area contributed by atoms with Crippen molar-refractivity contribution < 1.29 is 4.39 Å². The maximum atomic E-state index is 13.6.